The monoisotopic (exact) mass is 163 g/mol. The highest BCUT2D eigenvalue weighted by atomic mass is 16.3. The molecule has 0 heterocycles. The zero-order chi connectivity index (χ0) is 8.81. The second-order valence-corrected chi connectivity index (χ2v) is 2.42. The molecule has 0 saturated heterocycles. The number of aldehydes is 1. The second kappa shape index (κ2) is 4.38. The van der Waals surface area contributed by atoms with Crippen LogP contribution in [0.5, 0.6) is 0 Å². The molecule has 0 aliphatic heterocycles. The van der Waals surface area contributed by atoms with Gasteiger partial charge in [0.1, 0.15) is 6.29 Å². The summed E-state index contributed by atoms with van der Waals surface area (Å²) in [6.07, 6.45) is 1.33. The van der Waals surface area contributed by atoms with Crippen molar-refractivity contribution in [2.24, 2.45) is 5.18 Å². The van der Waals surface area contributed by atoms with E-state index in [0.29, 0.717) is 12.0 Å². The van der Waals surface area contributed by atoms with Crippen LogP contribution in [0, 0.1) is 4.91 Å². The van der Waals surface area contributed by atoms with Gasteiger partial charge in [-0.2, -0.15) is 4.91 Å². The molecule has 0 aliphatic carbocycles. The maximum atomic E-state index is 10.5. The summed E-state index contributed by atoms with van der Waals surface area (Å²) >= 11 is 0. The Hall–Kier alpha value is -1.51. The van der Waals surface area contributed by atoms with Crippen molar-refractivity contribution in [1.82, 2.24) is 0 Å². The van der Waals surface area contributed by atoms with E-state index in [0.717, 1.165) is 11.8 Å². The lowest BCUT2D eigenvalue weighted by Gasteiger charge is -1.99. The molecule has 0 aromatic heterocycles. The lowest BCUT2D eigenvalue weighted by molar-refractivity contribution is 0.112. The largest absolute Gasteiger partial charge is 0.298 e. The van der Waals surface area contributed by atoms with Gasteiger partial charge in [0.15, 0.2) is 0 Å². The molecule has 62 valence electrons. The van der Waals surface area contributed by atoms with Gasteiger partial charge in [0, 0.05) is 5.56 Å². The van der Waals surface area contributed by atoms with Crippen LogP contribution in [0.4, 0.5) is 0 Å². The summed E-state index contributed by atoms with van der Waals surface area (Å²) in [5.41, 5.74) is 1.52. The average Bonchev–Trinajstić information content (AvgIpc) is 2.15. The molecule has 1 aromatic carbocycles. The van der Waals surface area contributed by atoms with Crippen LogP contribution >= 0.6 is 0 Å². The highest BCUT2D eigenvalue weighted by Gasteiger charge is 1.98. The topological polar surface area (TPSA) is 46.5 Å². The SMILES string of the molecule is O=Cc1ccccc1CCN=O. The zero-order valence-corrected chi connectivity index (χ0v) is 6.56. The third-order valence-electron chi connectivity index (χ3n) is 1.65. The van der Waals surface area contributed by atoms with Gasteiger partial charge in [-0.05, 0) is 12.0 Å². The highest BCUT2D eigenvalue weighted by Crippen LogP contribution is 2.06. The maximum Gasteiger partial charge on any atom is 0.150 e. The van der Waals surface area contributed by atoms with Gasteiger partial charge in [0.2, 0.25) is 0 Å². The maximum absolute atomic E-state index is 10.5. The molecule has 0 aliphatic rings. The fourth-order valence-corrected chi connectivity index (χ4v) is 1.04. The number of benzene rings is 1. The molecule has 3 nitrogen and oxygen atoms in total. The minimum Gasteiger partial charge on any atom is -0.298 e. The summed E-state index contributed by atoms with van der Waals surface area (Å²) < 4.78 is 0. The number of carbonyl (C=O) groups excluding carboxylic acids is 1. The molecule has 12 heavy (non-hydrogen) atoms. The minimum absolute atomic E-state index is 0.227. The van der Waals surface area contributed by atoms with Crippen LogP contribution < -0.4 is 0 Å². The average molecular weight is 163 g/mol. The molecule has 0 unspecified atom stereocenters. The van der Waals surface area contributed by atoms with Crippen molar-refractivity contribution >= 4 is 6.29 Å². The minimum atomic E-state index is 0.227. The first kappa shape index (κ1) is 8.59. The van der Waals surface area contributed by atoms with Crippen molar-refractivity contribution in [3.05, 3.63) is 40.3 Å². The molecule has 0 fully saturated rings. The van der Waals surface area contributed by atoms with Crippen molar-refractivity contribution in [2.45, 2.75) is 6.42 Å². The van der Waals surface area contributed by atoms with Crippen LogP contribution in [0.1, 0.15) is 15.9 Å². The van der Waals surface area contributed by atoms with E-state index < -0.39 is 0 Å². The van der Waals surface area contributed by atoms with Crippen molar-refractivity contribution in [3.63, 3.8) is 0 Å². The molecule has 1 aromatic rings. The van der Waals surface area contributed by atoms with E-state index in [1.807, 2.05) is 12.1 Å². The van der Waals surface area contributed by atoms with E-state index in [4.69, 9.17) is 0 Å². The third-order valence-corrected chi connectivity index (χ3v) is 1.65. The van der Waals surface area contributed by atoms with Crippen LogP contribution in [0.2, 0.25) is 0 Å². The van der Waals surface area contributed by atoms with Crippen LogP contribution in [-0.4, -0.2) is 12.8 Å². The Bertz CT molecular complexity index is 284. The van der Waals surface area contributed by atoms with Gasteiger partial charge < -0.3 is 0 Å². The molecule has 0 radical (unpaired) electrons. The molecular weight excluding hydrogens is 154 g/mol. The summed E-state index contributed by atoms with van der Waals surface area (Å²) in [5.74, 6) is 0. The molecule has 0 N–H and O–H groups in total. The lowest BCUT2D eigenvalue weighted by Crippen LogP contribution is -1.94. The third kappa shape index (κ3) is 1.99. The summed E-state index contributed by atoms with van der Waals surface area (Å²) in [6, 6.07) is 7.19. The first-order valence-corrected chi connectivity index (χ1v) is 3.70. The normalized spacial score (nSPS) is 9.33. The Morgan fingerprint density at radius 2 is 2.08 bits per heavy atom. The Labute approximate surface area is 70.4 Å². The summed E-state index contributed by atoms with van der Waals surface area (Å²) in [7, 11) is 0. The molecule has 0 atom stereocenters. The summed E-state index contributed by atoms with van der Waals surface area (Å²) in [5, 5.41) is 2.74. The van der Waals surface area contributed by atoms with Gasteiger partial charge in [0.05, 0.1) is 6.54 Å². The van der Waals surface area contributed by atoms with Crippen molar-refractivity contribution in [3.8, 4) is 0 Å². The van der Waals surface area contributed by atoms with E-state index in [-0.39, 0.29) is 6.54 Å². The Morgan fingerprint density at radius 1 is 1.33 bits per heavy atom. The van der Waals surface area contributed by atoms with Gasteiger partial charge in [-0.15, -0.1) is 0 Å². The van der Waals surface area contributed by atoms with E-state index in [1.54, 1.807) is 12.1 Å². The van der Waals surface area contributed by atoms with Crippen molar-refractivity contribution in [1.29, 1.82) is 0 Å². The molecule has 0 spiro atoms. The standard InChI is InChI=1S/C9H9NO2/c11-7-9-4-2-1-3-8(9)5-6-10-12/h1-4,7H,5-6H2. The fourth-order valence-electron chi connectivity index (χ4n) is 1.04. The lowest BCUT2D eigenvalue weighted by atomic mass is 10.1. The van der Waals surface area contributed by atoms with E-state index >= 15 is 0 Å². The molecule has 0 amide bonds. The molecule has 0 bridgehead atoms. The molecule has 3 heteroatoms. The predicted molar refractivity (Wildman–Crippen MR) is 46.2 cm³/mol. The molecule has 0 saturated carbocycles. The van der Waals surface area contributed by atoms with Crippen LogP contribution in [0.3, 0.4) is 0 Å². The van der Waals surface area contributed by atoms with Gasteiger partial charge in [-0.1, -0.05) is 29.4 Å². The fraction of sp³-hybridized carbons (Fsp3) is 0.222. The molecule has 1 rings (SSSR count). The quantitative estimate of drug-likeness (QED) is 0.502. The van der Waals surface area contributed by atoms with Crippen molar-refractivity contribution < 1.29 is 4.79 Å². The molecular formula is C9H9NO2. The predicted octanol–water partition coefficient (Wildman–Crippen LogP) is 1.81. The number of rotatable bonds is 4. The highest BCUT2D eigenvalue weighted by molar-refractivity contribution is 5.77. The number of nitrogens with zero attached hydrogens (tertiary/aromatic N) is 1. The Morgan fingerprint density at radius 3 is 2.75 bits per heavy atom. The van der Waals surface area contributed by atoms with Crippen LogP contribution in [0.25, 0.3) is 0 Å². The van der Waals surface area contributed by atoms with Crippen LogP contribution in [-0.2, 0) is 6.42 Å². The van der Waals surface area contributed by atoms with Crippen molar-refractivity contribution in [2.75, 3.05) is 6.54 Å². The van der Waals surface area contributed by atoms with Gasteiger partial charge in [-0.25, -0.2) is 0 Å². The van der Waals surface area contributed by atoms with Crippen LogP contribution in [0.15, 0.2) is 29.4 Å². The van der Waals surface area contributed by atoms with E-state index in [2.05, 4.69) is 5.18 Å². The van der Waals surface area contributed by atoms with E-state index in [1.165, 1.54) is 0 Å². The van der Waals surface area contributed by atoms with Gasteiger partial charge in [-0.3, -0.25) is 4.79 Å². The number of carbonyl (C=O) groups is 1. The van der Waals surface area contributed by atoms with Gasteiger partial charge in [0.25, 0.3) is 0 Å². The number of hydrogen-bond donors (Lipinski definition) is 0. The zero-order valence-electron chi connectivity index (χ0n) is 6.56. The first-order chi connectivity index (χ1) is 5.88. The Kier molecular flexibility index (Phi) is 3.14. The summed E-state index contributed by atoms with van der Waals surface area (Å²) in [4.78, 5) is 20.3. The summed E-state index contributed by atoms with van der Waals surface area (Å²) in [6.45, 7) is 0.227. The number of nitroso groups, excluding NO2 is 1. The Balaban J connectivity index is 2.81. The first-order valence-electron chi connectivity index (χ1n) is 3.70. The van der Waals surface area contributed by atoms with Gasteiger partial charge >= 0.3 is 0 Å². The smallest absolute Gasteiger partial charge is 0.150 e. The van der Waals surface area contributed by atoms with E-state index in [9.17, 15) is 9.70 Å². The second-order valence-electron chi connectivity index (χ2n) is 2.42. The number of hydrogen-bond acceptors (Lipinski definition) is 3.